The van der Waals surface area contributed by atoms with Crippen molar-refractivity contribution in [1.29, 1.82) is 0 Å². The number of hydrogen-bond donors (Lipinski definition) is 0. The van der Waals surface area contributed by atoms with Crippen LogP contribution >= 0.6 is 0 Å². The third-order valence-corrected chi connectivity index (χ3v) is 16.0. The molecule has 0 atom stereocenters. The largest absolute Gasteiger partial charge is 0.496 e. The summed E-state index contributed by atoms with van der Waals surface area (Å²) in [4.78, 5) is 58.9. The Morgan fingerprint density at radius 1 is 0.282 bits per heavy atom. The lowest BCUT2D eigenvalue weighted by Gasteiger charge is -2.26. The van der Waals surface area contributed by atoms with Gasteiger partial charge >= 0.3 is 23.9 Å². The minimum atomic E-state index is -0.762. The molecule has 0 aliphatic rings. The minimum Gasteiger partial charge on any atom is -0.496 e. The van der Waals surface area contributed by atoms with Crippen molar-refractivity contribution in [2.45, 2.75) is 87.9 Å². The first-order chi connectivity index (χ1) is 40.8. The summed E-state index contributed by atoms with van der Waals surface area (Å²) in [5, 5.41) is 0. The van der Waals surface area contributed by atoms with Gasteiger partial charge in [-0.3, -0.25) is 0 Å². The Hall–Kier alpha value is -9.56. The van der Waals surface area contributed by atoms with Crippen molar-refractivity contribution < 1.29 is 66.5 Å². The van der Waals surface area contributed by atoms with Crippen LogP contribution in [0.3, 0.4) is 0 Å². The zero-order chi connectivity index (χ0) is 61.6. The van der Waals surface area contributed by atoms with Gasteiger partial charge in [-0.2, -0.15) is 0 Å². The first-order valence-electron chi connectivity index (χ1n) is 27.7. The SMILES string of the molecule is COc1c(C)c(OC)c(C(=O)Oc2c(C)c(C)c(C(=O)Oc3c(C)c(C)c(C(=O)OC(c4ccccc4)c4ccccc4)c(OC)c3C)c(OC)c2C)c(C)c1Cc1c(C)c(C(=O)OC(c2ccccc2)c2ccccc2)c(OC)c(C)c1OC. The van der Waals surface area contributed by atoms with E-state index in [4.69, 9.17) is 47.4 Å². The molecule has 14 nitrogen and oxygen atoms in total. The zero-order valence-electron chi connectivity index (χ0n) is 51.1. The minimum absolute atomic E-state index is 0.0964. The lowest BCUT2D eigenvalue weighted by atomic mass is 9.87. The summed E-state index contributed by atoms with van der Waals surface area (Å²) in [5.74, 6) is -0.686. The average Bonchev–Trinajstić information content (AvgIpc) is 3.71. The van der Waals surface area contributed by atoms with Crippen LogP contribution in [0.2, 0.25) is 0 Å². The topological polar surface area (TPSA) is 161 Å². The van der Waals surface area contributed by atoms with Crippen molar-refractivity contribution in [3.8, 4) is 46.0 Å². The molecule has 14 heteroatoms. The van der Waals surface area contributed by atoms with Gasteiger partial charge in [0.25, 0.3) is 0 Å². The van der Waals surface area contributed by atoms with Crippen LogP contribution < -0.4 is 37.9 Å². The van der Waals surface area contributed by atoms with E-state index in [1.54, 1.807) is 62.5 Å². The molecule has 0 fully saturated rings. The number of carbonyl (C=O) groups excluding carboxylic acids is 4. The normalized spacial score (nSPS) is 11.0. The first kappa shape index (κ1) is 61.5. The third kappa shape index (κ3) is 11.7. The van der Waals surface area contributed by atoms with Crippen LogP contribution in [0.25, 0.3) is 0 Å². The summed E-state index contributed by atoms with van der Waals surface area (Å²) in [6.07, 6.45) is -1.34. The molecule has 0 saturated heterocycles. The summed E-state index contributed by atoms with van der Waals surface area (Å²) < 4.78 is 61.5. The second-order valence-electron chi connectivity index (χ2n) is 20.7. The monoisotopic (exact) mass is 1150 g/mol. The number of benzene rings is 8. The van der Waals surface area contributed by atoms with E-state index in [1.807, 2.05) is 135 Å². The van der Waals surface area contributed by atoms with Crippen molar-refractivity contribution in [3.05, 3.63) is 233 Å². The standard InChI is InChI=1S/C71H72O14/c1-38-40(3)59(45(8)62(78-13)54(38)68(72)82-58-41(4)39(2)55(63(79-14)44(58)7)69(73)84-66(48-29-21-17-22-30-48)49-31-23-18-24-32-49)83-70(74)56-42(5)52(60(76-11)46(9)64(56)80-15)37-53-43(6)57(65(81-16)47(10)61(53)77-12)71(75)85-67(50-33-25-19-26-34-50)51-35-27-20-28-36-51/h17-36,66-67H,37H2,1-16H3. The summed E-state index contributed by atoms with van der Waals surface area (Å²) in [5.41, 5.74) is 9.67. The molecule has 0 aromatic heterocycles. The van der Waals surface area contributed by atoms with Crippen LogP contribution in [-0.2, 0) is 15.9 Å². The molecule has 0 unspecified atom stereocenters. The molecular formula is C71H72O14. The number of ether oxygens (including phenoxy) is 10. The highest BCUT2D eigenvalue weighted by atomic mass is 16.6. The van der Waals surface area contributed by atoms with Crippen molar-refractivity contribution in [3.63, 3.8) is 0 Å². The molecule has 0 bridgehead atoms. The average molecular weight is 1150 g/mol. The van der Waals surface area contributed by atoms with Gasteiger partial charge in [-0.15, -0.1) is 0 Å². The first-order valence-corrected chi connectivity index (χ1v) is 27.7. The van der Waals surface area contributed by atoms with Gasteiger partial charge in [0.05, 0.1) is 42.7 Å². The predicted octanol–water partition coefficient (Wildman–Crippen LogP) is 14.7. The van der Waals surface area contributed by atoms with Crippen molar-refractivity contribution in [2.75, 3.05) is 42.7 Å². The lowest BCUT2D eigenvalue weighted by Crippen LogP contribution is -2.20. The van der Waals surface area contributed by atoms with E-state index in [1.165, 1.54) is 35.5 Å². The van der Waals surface area contributed by atoms with E-state index in [0.717, 1.165) is 22.3 Å². The second kappa shape index (κ2) is 26.3. The highest BCUT2D eigenvalue weighted by molar-refractivity contribution is 6.01. The number of esters is 4. The highest BCUT2D eigenvalue weighted by Gasteiger charge is 2.35. The van der Waals surface area contributed by atoms with Crippen LogP contribution in [0.15, 0.2) is 121 Å². The number of rotatable bonds is 20. The molecule has 440 valence electrons. The van der Waals surface area contributed by atoms with Gasteiger partial charge < -0.3 is 47.4 Å². The van der Waals surface area contributed by atoms with Gasteiger partial charge in [-0.05, 0) is 125 Å². The predicted molar refractivity (Wildman–Crippen MR) is 325 cm³/mol. The van der Waals surface area contributed by atoms with E-state index in [0.29, 0.717) is 84.0 Å². The van der Waals surface area contributed by atoms with Crippen LogP contribution in [0.5, 0.6) is 46.0 Å². The molecule has 8 aromatic rings. The number of carbonyl (C=O) groups is 4. The van der Waals surface area contributed by atoms with E-state index in [-0.39, 0.29) is 57.4 Å². The molecule has 8 aromatic carbocycles. The van der Waals surface area contributed by atoms with Crippen molar-refractivity contribution in [2.24, 2.45) is 0 Å². The second-order valence-corrected chi connectivity index (χ2v) is 20.7. The van der Waals surface area contributed by atoms with Gasteiger partial charge in [-0.1, -0.05) is 121 Å². The Balaban J connectivity index is 1.14. The molecule has 0 heterocycles. The van der Waals surface area contributed by atoms with Gasteiger partial charge in [0.15, 0.2) is 12.2 Å². The smallest absolute Gasteiger partial charge is 0.347 e. The van der Waals surface area contributed by atoms with Crippen molar-refractivity contribution in [1.82, 2.24) is 0 Å². The molecule has 0 radical (unpaired) electrons. The maximum absolute atomic E-state index is 15.1. The summed E-state index contributed by atoms with van der Waals surface area (Å²) in [6.45, 7) is 17.6. The molecule has 85 heavy (non-hydrogen) atoms. The summed E-state index contributed by atoms with van der Waals surface area (Å²) >= 11 is 0. The molecule has 0 saturated carbocycles. The van der Waals surface area contributed by atoms with Gasteiger partial charge in [-0.25, -0.2) is 19.2 Å². The van der Waals surface area contributed by atoms with Gasteiger partial charge in [0.1, 0.15) is 68.2 Å². The summed E-state index contributed by atoms with van der Waals surface area (Å²) in [7, 11) is 8.91. The highest BCUT2D eigenvalue weighted by Crippen LogP contribution is 2.47. The van der Waals surface area contributed by atoms with E-state index in [2.05, 4.69) is 0 Å². The Morgan fingerprint density at radius 2 is 0.518 bits per heavy atom. The Bertz CT molecular complexity index is 3750. The Kier molecular flexibility index (Phi) is 19.1. The maximum atomic E-state index is 15.1. The quantitative estimate of drug-likeness (QED) is 0.0524. The zero-order valence-corrected chi connectivity index (χ0v) is 51.1. The molecule has 0 aliphatic heterocycles. The fourth-order valence-corrected chi connectivity index (χ4v) is 11.5. The molecule has 0 spiro atoms. The molecule has 0 aliphatic carbocycles. The van der Waals surface area contributed by atoms with E-state index >= 15 is 4.79 Å². The molecule has 0 N–H and O–H groups in total. The number of hydrogen-bond acceptors (Lipinski definition) is 14. The van der Waals surface area contributed by atoms with Crippen LogP contribution in [0, 0.1) is 69.2 Å². The summed E-state index contributed by atoms with van der Waals surface area (Å²) in [6, 6.07) is 38.0. The van der Waals surface area contributed by atoms with Crippen LogP contribution in [0.4, 0.5) is 0 Å². The fraction of sp³-hybridized carbons (Fsp3) is 0.268. The van der Waals surface area contributed by atoms with Crippen molar-refractivity contribution >= 4 is 23.9 Å². The Morgan fingerprint density at radius 3 is 0.788 bits per heavy atom. The molecule has 0 amide bonds. The molecule has 8 rings (SSSR count). The van der Waals surface area contributed by atoms with E-state index in [9.17, 15) is 14.4 Å². The number of methoxy groups -OCH3 is 6. The van der Waals surface area contributed by atoms with E-state index < -0.39 is 36.1 Å². The maximum Gasteiger partial charge on any atom is 0.347 e. The molecular weight excluding hydrogens is 1080 g/mol. The van der Waals surface area contributed by atoms with Gasteiger partial charge in [0, 0.05) is 39.8 Å². The third-order valence-electron chi connectivity index (χ3n) is 16.0. The van der Waals surface area contributed by atoms with Gasteiger partial charge in [0.2, 0.25) is 0 Å². The fourth-order valence-electron chi connectivity index (χ4n) is 11.5. The Labute approximate surface area is 497 Å². The lowest BCUT2D eigenvalue weighted by molar-refractivity contribution is 0.0364. The van der Waals surface area contributed by atoms with Crippen LogP contribution in [0.1, 0.15) is 143 Å². The van der Waals surface area contributed by atoms with Crippen LogP contribution in [-0.4, -0.2) is 66.5 Å².